The summed E-state index contributed by atoms with van der Waals surface area (Å²) in [4.78, 5) is 10.9. The maximum Gasteiger partial charge on any atom is 0.220 e. The second kappa shape index (κ2) is 3.74. The number of carbonyl (C=O) groups excluding carboxylic acids is 1. The lowest BCUT2D eigenvalue weighted by Crippen LogP contribution is -2.27. The summed E-state index contributed by atoms with van der Waals surface area (Å²) in [6.45, 7) is 2.14. The fraction of sp³-hybridized carbons (Fsp3) is 0.889. The summed E-state index contributed by atoms with van der Waals surface area (Å²) >= 11 is 0. The van der Waals surface area contributed by atoms with Gasteiger partial charge in [0.25, 0.3) is 0 Å². The van der Waals surface area contributed by atoms with Gasteiger partial charge in [0.05, 0.1) is 0 Å². The lowest BCUT2D eigenvalue weighted by atomic mass is 9.89. The van der Waals surface area contributed by atoms with Crippen molar-refractivity contribution in [3.8, 4) is 0 Å². The highest BCUT2D eigenvalue weighted by Crippen LogP contribution is 2.27. The summed E-state index contributed by atoms with van der Waals surface area (Å²) in [5.41, 5.74) is 5.29. The van der Waals surface area contributed by atoms with Crippen LogP contribution in [0.25, 0.3) is 0 Å². The normalized spacial score (nSPS) is 32.8. The van der Waals surface area contributed by atoms with Crippen LogP contribution in [0, 0.1) is 11.8 Å². The van der Waals surface area contributed by atoms with Crippen molar-refractivity contribution in [1.82, 2.24) is 0 Å². The van der Waals surface area contributed by atoms with Crippen LogP contribution >= 0.6 is 0 Å². The van der Waals surface area contributed by atoms with E-state index in [-0.39, 0.29) is 11.8 Å². The quantitative estimate of drug-likeness (QED) is 0.575. The highest BCUT2D eigenvalue weighted by atomic mass is 16.1. The van der Waals surface area contributed by atoms with E-state index in [1.807, 2.05) is 0 Å². The molecular formula is C9H17NO. The molecule has 0 heterocycles. The molecule has 0 saturated heterocycles. The number of hydrogen-bond donors (Lipinski definition) is 1. The Morgan fingerprint density at radius 1 is 1.27 bits per heavy atom. The van der Waals surface area contributed by atoms with Crippen LogP contribution < -0.4 is 5.73 Å². The van der Waals surface area contributed by atoms with Gasteiger partial charge in [0.2, 0.25) is 5.91 Å². The van der Waals surface area contributed by atoms with Gasteiger partial charge in [0, 0.05) is 5.92 Å². The third-order valence-electron chi connectivity index (χ3n) is 2.73. The van der Waals surface area contributed by atoms with Crippen LogP contribution in [0.3, 0.4) is 0 Å². The highest BCUT2D eigenvalue weighted by molar-refractivity contribution is 5.76. The lowest BCUT2D eigenvalue weighted by Gasteiger charge is -2.16. The van der Waals surface area contributed by atoms with E-state index in [0.717, 1.165) is 6.42 Å². The molecule has 2 nitrogen and oxygen atoms in total. The largest absolute Gasteiger partial charge is 0.369 e. The average Bonchev–Trinajstić information content (AvgIpc) is 2.13. The second-order valence-corrected chi connectivity index (χ2v) is 3.62. The topological polar surface area (TPSA) is 43.1 Å². The van der Waals surface area contributed by atoms with Crippen molar-refractivity contribution in [2.75, 3.05) is 0 Å². The van der Waals surface area contributed by atoms with Crippen LogP contribution in [-0.4, -0.2) is 5.91 Å². The molecule has 1 saturated carbocycles. The SMILES string of the molecule is CC1CCCCCC1C(N)=O. The van der Waals surface area contributed by atoms with Crippen LogP contribution in [0.4, 0.5) is 0 Å². The smallest absolute Gasteiger partial charge is 0.220 e. The zero-order chi connectivity index (χ0) is 8.27. The minimum atomic E-state index is -0.0978. The number of rotatable bonds is 1. The molecule has 2 atom stereocenters. The fourth-order valence-corrected chi connectivity index (χ4v) is 1.92. The monoisotopic (exact) mass is 155 g/mol. The van der Waals surface area contributed by atoms with Gasteiger partial charge in [-0.1, -0.05) is 26.2 Å². The van der Waals surface area contributed by atoms with E-state index >= 15 is 0 Å². The number of nitrogens with two attached hydrogens (primary N) is 1. The summed E-state index contributed by atoms with van der Waals surface area (Å²) in [5, 5.41) is 0. The van der Waals surface area contributed by atoms with E-state index in [4.69, 9.17) is 5.73 Å². The highest BCUT2D eigenvalue weighted by Gasteiger charge is 2.23. The Labute approximate surface area is 68.2 Å². The van der Waals surface area contributed by atoms with Gasteiger partial charge in [0.15, 0.2) is 0 Å². The van der Waals surface area contributed by atoms with E-state index < -0.39 is 0 Å². The van der Waals surface area contributed by atoms with Gasteiger partial charge in [-0.15, -0.1) is 0 Å². The first kappa shape index (κ1) is 8.57. The maximum atomic E-state index is 10.9. The molecule has 1 aliphatic rings. The lowest BCUT2D eigenvalue weighted by molar-refractivity contribution is -0.123. The third-order valence-corrected chi connectivity index (χ3v) is 2.73. The number of carbonyl (C=O) groups is 1. The first-order chi connectivity index (χ1) is 5.22. The van der Waals surface area contributed by atoms with Crippen molar-refractivity contribution in [1.29, 1.82) is 0 Å². The zero-order valence-electron chi connectivity index (χ0n) is 7.18. The van der Waals surface area contributed by atoms with Crippen LogP contribution in [-0.2, 0) is 4.79 Å². The van der Waals surface area contributed by atoms with Crippen molar-refractivity contribution in [2.45, 2.75) is 39.0 Å². The molecule has 2 N–H and O–H groups in total. The number of hydrogen-bond acceptors (Lipinski definition) is 1. The second-order valence-electron chi connectivity index (χ2n) is 3.62. The van der Waals surface area contributed by atoms with E-state index in [1.54, 1.807) is 0 Å². The maximum absolute atomic E-state index is 10.9. The summed E-state index contributed by atoms with van der Waals surface area (Å²) in [6, 6.07) is 0. The molecule has 0 radical (unpaired) electrons. The molecule has 0 spiro atoms. The Balaban J connectivity index is 2.52. The zero-order valence-corrected chi connectivity index (χ0v) is 7.18. The number of amides is 1. The first-order valence-electron chi connectivity index (χ1n) is 4.51. The molecule has 0 bridgehead atoms. The fourth-order valence-electron chi connectivity index (χ4n) is 1.92. The molecule has 0 aromatic rings. The van der Waals surface area contributed by atoms with E-state index in [2.05, 4.69) is 6.92 Å². The molecule has 0 aromatic carbocycles. The van der Waals surface area contributed by atoms with Gasteiger partial charge in [-0.25, -0.2) is 0 Å². The van der Waals surface area contributed by atoms with Crippen molar-refractivity contribution in [3.63, 3.8) is 0 Å². The molecule has 1 fully saturated rings. The predicted octanol–water partition coefficient (Wildman–Crippen LogP) is 1.69. The Morgan fingerprint density at radius 3 is 2.55 bits per heavy atom. The first-order valence-corrected chi connectivity index (χ1v) is 4.51. The number of primary amides is 1. The predicted molar refractivity (Wildman–Crippen MR) is 44.9 cm³/mol. The molecule has 11 heavy (non-hydrogen) atoms. The molecule has 1 aliphatic carbocycles. The summed E-state index contributed by atoms with van der Waals surface area (Å²) in [6.07, 6.45) is 5.90. The van der Waals surface area contributed by atoms with Gasteiger partial charge < -0.3 is 5.73 Å². The van der Waals surface area contributed by atoms with Crippen LogP contribution in [0.5, 0.6) is 0 Å². The van der Waals surface area contributed by atoms with Gasteiger partial charge in [0.1, 0.15) is 0 Å². The Hall–Kier alpha value is -0.530. The summed E-state index contributed by atoms with van der Waals surface area (Å²) < 4.78 is 0. The van der Waals surface area contributed by atoms with E-state index in [0.29, 0.717) is 5.92 Å². The average molecular weight is 155 g/mol. The molecular weight excluding hydrogens is 138 g/mol. The molecule has 64 valence electrons. The Kier molecular flexibility index (Phi) is 2.92. The minimum absolute atomic E-state index is 0.0978. The Bertz CT molecular complexity index is 144. The van der Waals surface area contributed by atoms with E-state index in [9.17, 15) is 4.79 Å². The summed E-state index contributed by atoms with van der Waals surface area (Å²) in [5.74, 6) is 0.562. The molecule has 0 aromatic heterocycles. The van der Waals surface area contributed by atoms with Gasteiger partial charge in [-0.3, -0.25) is 4.79 Å². The van der Waals surface area contributed by atoms with Gasteiger partial charge in [-0.05, 0) is 18.8 Å². The molecule has 1 rings (SSSR count). The van der Waals surface area contributed by atoms with Gasteiger partial charge >= 0.3 is 0 Å². The van der Waals surface area contributed by atoms with Crippen molar-refractivity contribution in [3.05, 3.63) is 0 Å². The van der Waals surface area contributed by atoms with Crippen molar-refractivity contribution in [2.24, 2.45) is 17.6 Å². The molecule has 2 heteroatoms. The molecule has 2 unspecified atom stereocenters. The van der Waals surface area contributed by atoms with Crippen LogP contribution in [0.2, 0.25) is 0 Å². The van der Waals surface area contributed by atoms with Crippen LogP contribution in [0.15, 0.2) is 0 Å². The van der Waals surface area contributed by atoms with Crippen LogP contribution in [0.1, 0.15) is 39.0 Å². The third kappa shape index (κ3) is 2.21. The standard InChI is InChI=1S/C9H17NO/c1-7-5-3-2-4-6-8(7)9(10)11/h7-8H,2-6H2,1H3,(H2,10,11). The van der Waals surface area contributed by atoms with E-state index in [1.165, 1.54) is 25.7 Å². The minimum Gasteiger partial charge on any atom is -0.369 e. The Morgan fingerprint density at radius 2 is 1.91 bits per heavy atom. The van der Waals surface area contributed by atoms with Gasteiger partial charge in [-0.2, -0.15) is 0 Å². The van der Waals surface area contributed by atoms with Crippen molar-refractivity contribution >= 4 is 5.91 Å². The van der Waals surface area contributed by atoms with Crippen molar-refractivity contribution < 1.29 is 4.79 Å². The summed E-state index contributed by atoms with van der Waals surface area (Å²) in [7, 11) is 0. The molecule has 0 aliphatic heterocycles. The molecule has 1 amide bonds.